The van der Waals surface area contributed by atoms with Crippen molar-refractivity contribution in [1.29, 1.82) is 0 Å². The Morgan fingerprint density at radius 2 is 1.91 bits per heavy atom. The van der Waals surface area contributed by atoms with Crippen LogP contribution in [-0.2, 0) is 0 Å². The summed E-state index contributed by atoms with van der Waals surface area (Å²) in [6.07, 6.45) is 5.66. The first-order chi connectivity index (χ1) is 5.22. The summed E-state index contributed by atoms with van der Waals surface area (Å²) < 4.78 is 1.02. The van der Waals surface area contributed by atoms with Crippen LogP contribution in [0.3, 0.4) is 0 Å². The molecule has 0 heterocycles. The van der Waals surface area contributed by atoms with Gasteiger partial charge in [-0.15, -0.1) is 0 Å². The van der Waals surface area contributed by atoms with E-state index in [-0.39, 0.29) is 15.0 Å². The van der Waals surface area contributed by atoms with Crippen molar-refractivity contribution in [2.75, 3.05) is 0 Å². The van der Waals surface area contributed by atoms with Gasteiger partial charge in [-0.3, -0.25) is 0 Å². The Hall–Kier alpha value is 0.413. The van der Waals surface area contributed by atoms with E-state index in [1.54, 1.807) is 0 Å². The Bertz CT molecular complexity index is 97.0. The first-order valence-electron chi connectivity index (χ1n) is 4.84. The van der Waals surface area contributed by atoms with Crippen LogP contribution in [0.1, 0.15) is 46.5 Å². The monoisotopic (exact) mass is 216 g/mol. The molecule has 0 saturated heterocycles. The van der Waals surface area contributed by atoms with Crippen molar-refractivity contribution in [1.82, 2.24) is 0 Å². The summed E-state index contributed by atoms with van der Waals surface area (Å²) in [6.45, 7) is 6.96. The molecule has 66 valence electrons. The molecule has 0 amide bonds. The molecule has 0 rings (SSSR count). The van der Waals surface area contributed by atoms with Gasteiger partial charge in [-0.1, -0.05) is 0 Å². The van der Waals surface area contributed by atoms with Crippen LogP contribution in [-0.4, -0.2) is 20.3 Å². The number of hydrogen-bond donors (Lipinski definition) is 0. The molecule has 0 spiro atoms. The molecule has 0 aliphatic rings. The average molecular weight is 215 g/mol. The van der Waals surface area contributed by atoms with Gasteiger partial charge in [-0.05, 0) is 0 Å². The van der Waals surface area contributed by atoms with Gasteiger partial charge in [0.2, 0.25) is 0 Å². The zero-order chi connectivity index (χ0) is 8.69. The summed E-state index contributed by atoms with van der Waals surface area (Å²) in [4.78, 5) is 0. The Morgan fingerprint density at radius 1 is 1.27 bits per heavy atom. The van der Waals surface area contributed by atoms with Crippen LogP contribution in [0.5, 0.6) is 0 Å². The summed E-state index contributed by atoms with van der Waals surface area (Å²) in [5.41, 5.74) is 0. The van der Waals surface area contributed by atoms with E-state index in [2.05, 4.69) is 26.1 Å². The molecule has 1 heteroatoms. The third kappa shape index (κ3) is 5.66. The number of hydrogen-bond acceptors (Lipinski definition) is 0. The predicted molar refractivity (Wildman–Crippen MR) is 57.0 cm³/mol. The molecule has 0 bridgehead atoms. The van der Waals surface area contributed by atoms with Gasteiger partial charge in [0.1, 0.15) is 0 Å². The molecule has 1 unspecified atom stereocenters. The van der Waals surface area contributed by atoms with Crippen molar-refractivity contribution in [2.45, 2.75) is 51.2 Å². The second-order valence-corrected chi connectivity index (χ2v) is 6.42. The first kappa shape index (κ1) is 11.4. The third-order valence-electron chi connectivity index (χ3n) is 2.30. The fourth-order valence-corrected chi connectivity index (χ4v) is 3.48. The molecule has 0 radical (unpaired) electrons. The molecule has 0 aromatic heterocycles. The van der Waals surface area contributed by atoms with Gasteiger partial charge in [-0.2, -0.15) is 0 Å². The van der Waals surface area contributed by atoms with Crippen molar-refractivity contribution in [2.24, 2.45) is 5.92 Å². The minimum atomic E-state index is -0.136. The van der Waals surface area contributed by atoms with Crippen LogP contribution >= 0.6 is 0 Å². The Kier molecular flexibility index (Phi) is 7.35. The van der Waals surface area contributed by atoms with Gasteiger partial charge in [-0.25, -0.2) is 0 Å². The van der Waals surface area contributed by atoms with Crippen molar-refractivity contribution < 1.29 is 0 Å². The number of unbranched alkanes of at least 4 members (excludes halogenated alkanes) is 2. The molecule has 1 atom stereocenters. The summed E-state index contributed by atoms with van der Waals surface area (Å²) >= 11 is -0.136. The molecule has 0 N–H and O–H groups in total. The van der Waals surface area contributed by atoms with Gasteiger partial charge in [0, 0.05) is 0 Å². The Labute approximate surface area is 77.8 Å². The zero-order valence-electron chi connectivity index (χ0n) is 8.27. The van der Waals surface area contributed by atoms with E-state index < -0.39 is 0 Å². The Morgan fingerprint density at radius 3 is 2.27 bits per heavy atom. The van der Waals surface area contributed by atoms with Gasteiger partial charge in [0.15, 0.2) is 0 Å². The third-order valence-corrected chi connectivity index (χ3v) is 5.88. The van der Waals surface area contributed by atoms with Crippen LogP contribution in [0.2, 0.25) is 4.75 Å². The summed E-state index contributed by atoms with van der Waals surface area (Å²) in [5.74, 6) is 0.893. The van der Waals surface area contributed by atoms with E-state index >= 15 is 0 Å². The summed E-state index contributed by atoms with van der Waals surface area (Å²) in [6, 6.07) is 0. The maximum atomic E-state index is 4.14. The van der Waals surface area contributed by atoms with Crippen LogP contribution in [0.25, 0.3) is 0 Å². The quantitative estimate of drug-likeness (QED) is 0.471. The van der Waals surface area contributed by atoms with E-state index in [0.717, 1.165) is 10.7 Å². The molecular formula is C10H22Ge. The Balaban J connectivity index is 3.44. The van der Waals surface area contributed by atoms with Crippen molar-refractivity contribution in [3.05, 3.63) is 0 Å². The molecule has 0 nitrogen and oxygen atoms in total. The molecule has 0 saturated carbocycles. The second kappa shape index (κ2) is 7.08. The molecule has 0 aromatic rings. The van der Waals surface area contributed by atoms with Crippen LogP contribution in [0.15, 0.2) is 0 Å². The minimum absolute atomic E-state index is 0.136. The molecular weight excluding hydrogens is 193 g/mol. The fourth-order valence-electron chi connectivity index (χ4n) is 1.35. The van der Waals surface area contributed by atoms with Crippen molar-refractivity contribution in [3.63, 3.8) is 0 Å². The normalized spacial score (nSPS) is 13.5. The van der Waals surface area contributed by atoms with Crippen LogP contribution in [0, 0.1) is 5.92 Å². The molecule has 0 aromatic carbocycles. The van der Waals surface area contributed by atoms with E-state index in [1.165, 1.54) is 25.7 Å². The number of rotatable bonds is 6. The first-order valence-corrected chi connectivity index (χ1v) is 7.96. The van der Waals surface area contributed by atoms with E-state index in [4.69, 9.17) is 0 Å². The van der Waals surface area contributed by atoms with Crippen molar-refractivity contribution >= 4 is 20.3 Å². The second-order valence-electron chi connectivity index (χ2n) is 3.64. The van der Waals surface area contributed by atoms with Gasteiger partial charge in [0.25, 0.3) is 0 Å². The molecule has 0 aliphatic carbocycles. The zero-order valence-corrected chi connectivity index (χ0v) is 10.7. The molecule has 0 aliphatic heterocycles. The average Bonchev–Trinajstić information content (AvgIpc) is 1.97. The molecule has 11 heavy (non-hydrogen) atoms. The predicted octanol–water partition coefficient (Wildman–Crippen LogP) is 2.88. The maximum absolute atomic E-state index is 4.14. The summed E-state index contributed by atoms with van der Waals surface area (Å²) in [7, 11) is 0. The SMILES string of the molecule is [CH2]=[GeH][CH](CCCCC)C(C)C. The van der Waals surface area contributed by atoms with Crippen LogP contribution in [0.4, 0.5) is 0 Å². The van der Waals surface area contributed by atoms with Gasteiger partial charge < -0.3 is 0 Å². The van der Waals surface area contributed by atoms with Gasteiger partial charge >= 0.3 is 77.5 Å². The fraction of sp³-hybridized carbons (Fsp3) is 0.900. The van der Waals surface area contributed by atoms with Crippen LogP contribution < -0.4 is 0 Å². The van der Waals surface area contributed by atoms with Crippen molar-refractivity contribution in [3.8, 4) is 0 Å². The molecule has 0 fully saturated rings. The van der Waals surface area contributed by atoms with E-state index in [0.29, 0.717) is 0 Å². The van der Waals surface area contributed by atoms with E-state index in [9.17, 15) is 0 Å². The topological polar surface area (TPSA) is 0 Å². The van der Waals surface area contributed by atoms with Gasteiger partial charge in [0.05, 0.1) is 0 Å². The summed E-state index contributed by atoms with van der Waals surface area (Å²) in [5, 5.41) is 4.14. The van der Waals surface area contributed by atoms with E-state index in [1.807, 2.05) is 0 Å². The standard InChI is InChI=1S/C10H22Ge/c1-5-6-7-8-10(11-4)9(2)3/h9-11H,4-8H2,1-3H3.